The van der Waals surface area contributed by atoms with E-state index >= 15 is 0 Å². The van der Waals surface area contributed by atoms with E-state index in [9.17, 15) is 4.79 Å². The van der Waals surface area contributed by atoms with Gasteiger partial charge in [0.2, 0.25) is 12.7 Å². The molecule has 0 saturated heterocycles. The van der Waals surface area contributed by atoms with Crippen LogP contribution < -0.4 is 19.5 Å². The first-order valence-corrected chi connectivity index (χ1v) is 5.11. The summed E-state index contributed by atoms with van der Waals surface area (Å²) in [4.78, 5) is 11.2. The Kier molecular flexibility index (Phi) is 3.05. The lowest BCUT2D eigenvalue weighted by molar-refractivity contribution is -0.113. The Labute approximate surface area is 97.2 Å². The van der Waals surface area contributed by atoms with E-state index in [2.05, 4.69) is 5.32 Å². The van der Waals surface area contributed by atoms with E-state index < -0.39 is 0 Å². The van der Waals surface area contributed by atoms with Gasteiger partial charge < -0.3 is 19.5 Å². The highest BCUT2D eigenvalue weighted by molar-refractivity contribution is 6.29. The molecule has 0 unspecified atom stereocenters. The van der Waals surface area contributed by atoms with Crippen LogP contribution in [-0.2, 0) is 4.79 Å². The summed E-state index contributed by atoms with van der Waals surface area (Å²) >= 11 is 5.41. The molecule has 0 spiro atoms. The lowest BCUT2D eigenvalue weighted by Gasteiger charge is -2.10. The number of halogens is 1. The van der Waals surface area contributed by atoms with Crippen LogP contribution in [0.1, 0.15) is 0 Å². The molecule has 86 valence electrons. The third-order valence-corrected chi connectivity index (χ3v) is 2.33. The van der Waals surface area contributed by atoms with Gasteiger partial charge in [-0.25, -0.2) is 0 Å². The van der Waals surface area contributed by atoms with Gasteiger partial charge in [-0.3, -0.25) is 4.79 Å². The monoisotopic (exact) mass is 243 g/mol. The van der Waals surface area contributed by atoms with E-state index in [1.54, 1.807) is 12.1 Å². The number of nitrogens with one attached hydrogen (secondary N) is 1. The second-order valence-corrected chi connectivity index (χ2v) is 3.35. The van der Waals surface area contributed by atoms with Crippen molar-refractivity contribution in [3.05, 3.63) is 12.1 Å². The minimum absolute atomic E-state index is 0.113. The molecule has 0 bridgehead atoms. The lowest BCUT2D eigenvalue weighted by atomic mass is 10.2. The zero-order chi connectivity index (χ0) is 11.5. The largest absolute Gasteiger partial charge is 0.494 e. The highest BCUT2D eigenvalue weighted by atomic mass is 35.5. The zero-order valence-electron chi connectivity index (χ0n) is 8.58. The first kappa shape index (κ1) is 10.9. The molecule has 1 aliphatic rings. The predicted molar refractivity (Wildman–Crippen MR) is 58.5 cm³/mol. The molecule has 1 aromatic carbocycles. The summed E-state index contributed by atoms with van der Waals surface area (Å²) in [6, 6.07) is 3.30. The number of amides is 1. The Morgan fingerprint density at radius 1 is 1.50 bits per heavy atom. The standard InChI is InChI=1S/C10H10ClNO4/c1-14-7-3-9-8(15-5-16-9)2-6(7)12-10(13)4-11/h2-3H,4-5H2,1H3,(H,12,13). The maximum atomic E-state index is 11.2. The van der Waals surface area contributed by atoms with Crippen molar-refractivity contribution in [2.45, 2.75) is 0 Å². The Hall–Kier alpha value is -1.62. The van der Waals surface area contributed by atoms with E-state index in [4.69, 9.17) is 25.8 Å². The molecule has 1 N–H and O–H groups in total. The molecule has 1 aromatic rings. The Bertz CT molecular complexity index is 422. The minimum atomic E-state index is -0.307. The number of alkyl halides is 1. The summed E-state index contributed by atoms with van der Waals surface area (Å²) in [6.07, 6.45) is 0. The third-order valence-electron chi connectivity index (χ3n) is 2.09. The normalized spacial score (nSPS) is 12.4. The van der Waals surface area contributed by atoms with Gasteiger partial charge >= 0.3 is 0 Å². The molecule has 6 heteroatoms. The third kappa shape index (κ3) is 1.99. The number of hydrogen-bond acceptors (Lipinski definition) is 4. The highest BCUT2D eigenvalue weighted by Gasteiger charge is 2.18. The number of methoxy groups -OCH3 is 1. The highest BCUT2D eigenvalue weighted by Crippen LogP contribution is 2.40. The molecule has 1 heterocycles. The number of anilines is 1. The number of ether oxygens (including phenoxy) is 3. The molecule has 1 aliphatic heterocycles. The molecule has 0 aliphatic carbocycles. The van der Waals surface area contributed by atoms with Gasteiger partial charge in [-0.2, -0.15) is 0 Å². The molecule has 0 radical (unpaired) electrons. The molecular formula is C10H10ClNO4. The molecule has 0 saturated carbocycles. The summed E-state index contributed by atoms with van der Waals surface area (Å²) < 4.78 is 15.5. The van der Waals surface area contributed by atoms with Crippen LogP contribution in [0.4, 0.5) is 5.69 Å². The van der Waals surface area contributed by atoms with E-state index in [1.807, 2.05) is 0 Å². The van der Waals surface area contributed by atoms with E-state index in [0.29, 0.717) is 22.9 Å². The molecule has 0 atom stereocenters. The minimum Gasteiger partial charge on any atom is -0.494 e. The van der Waals surface area contributed by atoms with Gasteiger partial charge in [-0.1, -0.05) is 0 Å². The average molecular weight is 244 g/mol. The Balaban J connectivity index is 2.32. The predicted octanol–water partition coefficient (Wildman–Crippen LogP) is 1.60. The first-order chi connectivity index (χ1) is 7.74. The van der Waals surface area contributed by atoms with Crippen molar-refractivity contribution < 1.29 is 19.0 Å². The summed E-state index contributed by atoms with van der Waals surface area (Å²) in [5.41, 5.74) is 0.511. The number of carbonyl (C=O) groups is 1. The number of hydrogen-bond donors (Lipinski definition) is 1. The van der Waals surface area contributed by atoms with Crippen molar-refractivity contribution in [1.82, 2.24) is 0 Å². The van der Waals surface area contributed by atoms with Crippen LogP contribution in [0.15, 0.2) is 12.1 Å². The van der Waals surface area contributed by atoms with Crippen LogP contribution in [0.3, 0.4) is 0 Å². The smallest absolute Gasteiger partial charge is 0.239 e. The zero-order valence-corrected chi connectivity index (χ0v) is 9.34. The van der Waals surface area contributed by atoms with Crippen LogP contribution in [-0.4, -0.2) is 25.7 Å². The molecule has 16 heavy (non-hydrogen) atoms. The number of fused-ring (bicyclic) bond motifs is 1. The van der Waals surface area contributed by atoms with Crippen LogP contribution in [0.25, 0.3) is 0 Å². The van der Waals surface area contributed by atoms with Gasteiger partial charge in [0.1, 0.15) is 11.6 Å². The molecule has 0 aromatic heterocycles. The van der Waals surface area contributed by atoms with Gasteiger partial charge in [-0.05, 0) is 0 Å². The SMILES string of the molecule is COc1cc2c(cc1NC(=O)CCl)OCO2. The number of rotatable bonds is 3. The molecule has 0 fully saturated rings. The van der Waals surface area contributed by atoms with E-state index in [-0.39, 0.29) is 18.6 Å². The van der Waals surface area contributed by atoms with Crippen molar-refractivity contribution in [1.29, 1.82) is 0 Å². The topological polar surface area (TPSA) is 56.8 Å². The van der Waals surface area contributed by atoms with Crippen LogP contribution in [0.5, 0.6) is 17.2 Å². The Morgan fingerprint density at radius 2 is 2.19 bits per heavy atom. The molecule has 5 nitrogen and oxygen atoms in total. The fraction of sp³-hybridized carbons (Fsp3) is 0.300. The van der Waals surface area contributed by atoms with Crippen LogP contribution in [0, 0.1) is 0 Å². The number of carbonyl (C=O) groups excluding carboxylic acids is 1. The van der Waals surface area contributed by atoms with Crippen molar-refractivity contribution in [2.24, 2.45) is 0 Å². The van der Waals surface area contributed by atoms with E-state index in [1.165, 1.54) is 7.11 Å². The van der Waals surface area contributed by atoms with E-state index in [0.717, 1.165) is 0 Å². The fourth-order valence-electron chi connectivity index (χ4n) is 1.37. The number of benzene rings is 1. The van der Waals surface area contributed by atoms with Gasteiger partial charge in [0, 0.05) is 12.1 Å². The van der Waals surface area contributed by atoms with Crippen molar-refractivity contribution >= 4 is 23.2 Å². The maximum Gasteiger partial charge on any atom is 0.239 e. The van der Waals surface area contributed by atoms with Gasteiger partial charge in [0.05, 0.1) is 12.8 Å². The molecule has 2 rings (SSSR count). The Morgan fingerprint density at radius 3 is 2.81 bits per heavy atom. The second-order valence-electron chi connectivity index (χ2n) is 3.09. The summed E-state index contributed by atoms with van der Waals surface area (Å²) in [7, 11) is 1.51. The van der Waals surface area contributed by atoms with Crippen LogP contribution in [0.2, 0.25) is 0 Å². The van der Waals surface area contributed by atoms with Crippen molar-refractivity contribution in [3.63, 3.8) is 0 Å². The first-order valence-electron chi connectivity index (χ1n) is 4.58. The second kappa shape index (κ2) is 4.49. The summed E-state index contributed by atoms with van der Waals surface area (Å²) in [5.74, 6) is 1.25. The quantitative estimate of drug-likeness (QED) is 0.820. The molecular weight excluding hydrogens is 234 g/mol. The van der Waals surface area contributed by atoms with Crippen molar-refractivity contribution in [3.8, 4) is 17.2 Å². The van der Waals surface area contributed by atoms with Gasteiger partial charge in [0.25, 0.3) is 0 Å². The summed E-state index contributed by atoms with van der Waals surface area (Å²) in [5, 5.41) is 2.61. The van der Waals surface area contributed by atoms with Crippen molar-refractivity contribution in [2.75, 3.05) is 25.1 Å². The summed E-state index contributed by atoms with van der Waals surface area (Å²) in [6.45, 7) is 0.172. The van der Waals surface area contributed by atoms with Crippen LogP contribution >= 0.6 is 11.6 Å². The maximum absolute atomic E-state index is 11.2. The average Bonchev–Trinajstić information content (AvgIpc) is 2.74. The van der Waals surface area contributed by atoms with Gasteiger partial charge in [-0.15, -0.1) is 11.6 Å². The van der Waals surface area contributed by atoms with Gasteiger partial charge in [0.15, 0.2) is 11.5 Å². The molecule has 1 amide bonds. The lowest BCUT2D eigenvalue weighted by Crippen LogP contribution is -2.13. The fourth-order valence-corrected chi connectivity index (χ4v) is 1.44.